The zero-order chi connectivity index (χ0) is 25.1. The third-order valence-corrected chi connectivity index (χ3v) is 6.32. The van der Waals surface area contributed by atoms with Gasteiger partial charge in [0, 0.05) is 18.4 Å². The number of ether oxygens (including phenoxy) is 1. The highest BCUT2D eigenvalue weighted by molar-refractivity contribution is 5.35. The number of halogens is 6. The zero-order valence-electron chi connectivity index (χ0n) is 18.7. The van der Waals surface area contributed by atoms with Crippen LogP contribution >= 0.6 is 0 Å². The van der Waals surface area contributed by atoms with Crippen LogP contribution in [0.1, 0.15) is 40.2 Å². The van der Waals surface area contributed by atoms with E-state index in [-0.39, 0.29) is 36.2 Å². The molecular formula is C27H25F6NO. The third kappa shape index (κ3) is 6.24. The Hall–Kier alpha value is -2.84. The quantitative estimate of drug-likeness (QED) is 0.372. The van der Waals surface area contributed by atoms with Crippen LogP contribution in [0.15, 0.2) is 78.9 Å². The summed E-state index contributed by atoms with van der Waals surface area (Å²) < 4.78 is 85.6. The van der Waals surface area contributed by atoms with Gasteiger partial charge in [-0.25, -0.2) is 0 Å². The molecule has 1 N–H and O–H groups in total. The van der Waals surface area contributed by atoms with E-state index in [1.54, 1.807) is 0 Å². The molecule has 4 rings (SSSR count). The number of hydrogen-bond donors (Lipinski definition) is 1. The van der Waals surface area contributed by atoms with E-state index in [1.165, 1.54) is 0 Å². The Morgan fingerprint density at radius 1 is 0.771 bits per heavy atom. The largest absolute Gasteiger partial charge is 0.416 e. The number of nitrogens with one attached hydrogen (secondary N) is 1. The second-order valence-electron chi connectivity index (χ2n) is 8.72. The fourth-order valence-electron chi connectivity index (χ4n) is 4.71. The van der Waals surface area contributed by atoms with Gasteiger partial charge in [-0.05, 0) is 47.9 Å². The normalized spacial score (nSPS) is 19.2. The molecule has 1 aliphatic heterocycles. The maximum atomic E-state index is 13.3. The van der Waals surface area contributed by atoms with Gasteiger partial charge in [-0.3, -0.25) is 0 Å². The van der Waals surface area contributed by atoms with Gasteiger partial charge in [-0.1, -0.05) is 60.7 Å². The van der Waals surface area contributed by atoms with E-state index in [9.17, 15) is 26.3 Å². The topological polar surface area (TPSA) is 21.3 Å². The number of rotatable bonds is 6. The van der Waals surface area contributed by atoms with Gasteiger partial charge in [0.2, 0.25) is 0 Å². The van der Waals surface area contributed by atoms with Crippen LogP contribution in [-0.2, 0) is 23.7 Å². The summed E-state index contributed by atoms with van der Waals surface area (Å²) in [5, 5.41) is 3.36. The van der Waals surface area contributed by atoms with Crippen LogP contribution in [-0.4, -0.2) is 19.2 Å². The van der Waals surface area contributed by atoms with Gasteiger partial charge in [0.25, 0.3) is 0 Å². The first-order valence-corrected chi connectivity index (χ1v) is 11.3. The van der Waals surface area contributed by atoms with Crippen molar-refractivity contribution in [1.82, 2.24) is 5.32 Å². The highest BCUT2D eigenvalue weighted by Gasteiger charge is 2.38. The molecule has 0 bridgehead atoms. The standard InChI is InChI=1S/C27H25F6NO/c28-26(29,30)21-13-18(14-22(15-21)27(31,32)33)17-35-24-11-12-34-16-23(24)25(19-7-3-1-4-8-19)20-9-5-2-6-10-20/h1-10,13-15,23-25,34H,11-12,16-17H2/t23-,24+/m0/s1. The Morgan fingerprint density at radius 3 is 1.77 bits per heavy atom. The molecule has 0 aromatic heterocycles. The summed E-state index contributed by atoms with van der Waals surface area (Å²) in [6.07, 6.45) is -9.55. The summed E-state index contributed by atoms with van der Waals surface area (Å²) in [6, 6.07) is 21.3. The Balaban J connectivity index is 1.62. The van der Waals surface area contributed by atoms with E-state index in [1.807, 2.05) is 60.7 Å². The second kappa shape index (κ2) is 10.4. The molecule has 35 heavy (non-hydrogen) atoms. The summed E-state index contributed by atoms with van der Waals surface area (Å²) in [4.78, 5) is 0. The van der Waals surface area contributed by atoms with Crippen LogP contribution in [0.2, 0.25) is 0 Å². The molecule has 0 radical (unpaired) electrons. The molecule has 0 amide bonds. The third-order valence-electron chi connectivity index (χ3n) is 6.32. The predicted molar refractivity (Wildman–Crippen MR) is 121 cm³/mol. The molecule has 186 valence electrons. The van der Waals surface area contributed by atoms with Gasteiger partial charge in [-0.15, -0.1) is 0 Å². The molecule has 0 saturated carbocycles. The van der Waals surface area contributed by atoms with Gasteiger partial charge in [0.05, 0.1) is 23.8 Å². The number of hydrogen-bond acceptors (Lipinski definition) is 2. The van der Waals surface area contributed by atoms with E-state index in [0.29, 0.717) is 19.5 Å². The molecule has 0 unspecified atom stereocenters. The molecule has 1 heterocycles. The van der Waals surface area contributed by atoms with Crippen molar-refractivity contribution in [1.29, 1.82) is 0 Å². The predicted octanol–water partition coefficient (Wildman–Crippen LogP) is 7.05. The molecular weight excluding hydrogens is 468 g/mol. The minimum absolute atomic E-state index is 0.0533. The van der Waals surface area contributed by atoms with Gasteiger partial charge in [0.1, 0.15) is 0 Å². The van der Waals surface area contributed by atoms with E-state index in [2.05, 4.69) is 5.32 Å². The number of piperidine rings is 1. The van der Waals surface area contributed by atoms with Gasteiger partial charge < -0.3 is 10.1 Å². The highest BCUT2D eigenvalue weighted by Crippen LogP contribution is 2.39. The van der Waals surface area contributed by atoms with E-state index in [4.69, 9.17) is 4.74 Å². The summed E-state index contributed by atoms with van der Waals surface area (Å²) in [5.41, 5.74) is -0.683. The molecule has 1 fully saturated rings. The number of alkyl halides is 6. The Bertz CT molecular complexity index is 1030. The average molecular weight is 493 g/mol. The summed E-state index contributed by atoms with van der Waals surface area (Å²) >= 11 is 0. The number of benzene rings is 3. The molecule has 1 saturated heterocycles. The maximum absolute atomic E-state index is 13.3. The Kier molecular flexibility index (Phi) is 7.52. The van der Waals surface area contributed by atoms with Crippen molar-refractivity contribution in [2.24, 2.45) is 5.92 Å². The fraction of sp³-hybridized carbons (Fsp3) is 0.333. The van der Waals surface area contributed by atoms with Crippen molar-refractivity contribution in [2.45, 2.75) is 37.4 Å². The maximum Gasteiger partial charge on any atom is 0.416 e. The summed E-state index contributed by atoms with van der Waals surface area (Å²) in [5.74, 6) is -0.121. The molecule has 3 aromatic rings. The van der Waals surface area contributed by atoms with Crippen molar-refractivity contribution in [3.05, 3.63) is 107 Å². The van der Waals surface area contributed by atoms with Crippen LogP contribution < -0.4 is 5.32 Å². The second-order valence-corrected chi connectivity index (χ2v) is 8.72. The molecule has 8 heteroatoms. The van der Waals surface area contributed by atoms with Crippen LogP contribution in [0.5, 0.6) is 0 Å². The van der Waals surface area contributed by atoms with Crippen molar-refractivity contribution < 1.29 is 31.1 Å². The SMILES string of the molecule is FC(F)(F)c1cc(CO[C@@H]2CCNC[C@@H]2C(c2ccccc2)c2ccccc2)cc(C(F)(F)F)c1. The van der Waals surface area contributed by atoms with E-state index < -0.39 is 23.5 Å². The van der Waals surface area contributed by atoms with Crippen LogP contribution in [0, 0.1) is 5.92 Å². The first kappa shape index (κ1) is 25.3. The lowest BCUT2D eigenvalue weighted by molar-refractivity contribution is -0.143. The lowest BCUT2D eigenvalue weighted by Crippen LogP contribution is -2.44. The van der Waals surface area contributed by atoms with Gasteiger partial charge in [-0.2, -0.15) is 26.3 Å². The first-order chi connectivity index (χ1) is 16.6. The Morgan fingerprint density at radius 2 is 1.29 bits per heavy atom. The Labute approximate surface area is 199 Å². The summed E-state index contributed by atoms with van der Waals surface area (Å²) in [7, 11) is 0. The van der Waals surface area contributed by atoms with Crippen LogP contribution in [0.25, 0.3) is 0 Å². The van der Waals surface area contributed by atoms with Crippen LogP contribution in [0.3, 0.4) is 0 Å². The molecule has 2 nitrogen and oxygen atoms in total. The van der Waals surface area contributed by atoms with Crippen molar-refractivity contribution in [2.75, 3.05) is 13.1 Å². The monoisotopic (exact) mass is 493 g/mol. The minimum Gasteiger partial charge on any atom is -0.373 e. The van der Waals surface area contributed by atoms with E-state index in [0.717, 1.165) is 23.3 Å². The van der Waals surface area contributed by atoms with Crippen LogP contribution in [0.4, 0.5) is 26.3 Å². The molecule has 1 aliphatic rings. The van der Waals surface area contributed by atoms with Crippen molar-refractivity contribution >= 4 is 0 Å². The average Bonchev–Trinajstić information content (AvgIpc) is 2.84. The van der Waals surface area contributed by atoms with Gasteiger partial charge >= 0.3 is 12.4 Å². The summed E-state index contributed by atoms with van der Waals surface area (Å²) in [6.45, 7) is 0.911. The minimum atomic E-state index is -4.89. The molecule has 0 aliphatic carbocycles. The van der Waals surface area contributed by atoms with Crippen molar-refractivity contribution in [3.63, 3.8) is 0 Å². The van der Waals surface area contributed by atoms with Gasteiger partial charge in [0.15, 0.2) is 0 Å². The molecule has 2 atom stereocenters. The first-order valence-electron chi connectivity index (χ1n) is 11.3. The fourth-order valence-corrected chi connectivity index (χ4v) is 4.71. The highest BCUT2D eigenvalue weighted by atomic mass is 19.4. The lowest BCUT2D eigenvalue weighted by atomic mass is 9.76. The molecule has 0 spiro atoms. The lowest BCUT2D eigenvalue weighted by Gasteiger charge is -2.38. The molecule has 3 aromatic carbocycles. The smallest absolute Gasteiger partial charge is 0.373 e. The zero-order valence-corrected chi connectivity index (χ0v) is 18.7. The van der Waals surface area contributed by atoms with Crippen molar-refractivity contribution in [3.8, 4) is 0 Å². The van der Waals surface area contributed by atoms with E-state index >= 15 is 0 Å².